The van der Waals surface area contributed by atoms with E-state index in [9.17, 15) is 0 Å². The molecule has 0 aromatic carbocycles. The highest BCUT2D eigenvalue weighted by atomic mass is 32.2. The Hall–Kier alpha value is -1.13. The van der Waals surface area contributed by atoms with E-state index in [4.69, 9.17) is 14.6 Å². The molecule has 0 spiro atoms. The van der Waals surface area contributed by atoms with Crippen LogP contribution < -0.4 is 5.73 Å². The van der Waals surface area contributed by atoms with Gasteiger partial charge in [-0.25, -0.2) is 0 Å². The molecule has 0 aliphatic heterocycles. The van der Waals surface area contributed by atoms with Crippen LogP contribution in [-0.4, -0.2) is 6.04 Å². The van der Waals surface area contributed by atoms with Crippen LogP contribution in [0.2, 0.25) is 0 Å². The molecule has 4 heteroatoms. The van der Waals surface area contributed by atoms with E-state index >= 15 is 0 Å². The van der Waals surface area contributed by atoms with Gasteiger partial charge in [0.1, 0.15) is 11.5 Å². The largest absolute Gasteiger partial charge is 0.468 e. The van der Waals surface area contributed by atoms with Crippen LogP contribution in [0.5, 0.6) is 0 Å². The van der Waals surface area contributed by atoms with Gasteiger partial charge in [-0.15, -0.1) is 11.8 Å². The first-order valence-electron chi connectivity index (χ1n) is 5.74. The second-order valence-electron chi connectivity index (χ2n) is 3.90. The van der Waals surface area contributed by atoms with Crippen molar-refractivity contribution in [2.24, 2.45) is 5.73 Å². The molecule has 2 heterocycles. The van der Waals surface area contributed by atoms with E-state index in [1.54, 1.807) is 24.3 Å². The van der Waals surface area contributed by atoms with Gasteiger partial charge in [-0.05, 0) is 30.7 Å². The van der Waals surface area contributed by atoms with Gasteiger partial charge in [0.05, 0.1) is 23.5 Å². The maximum absolute atomic E-state index is 6.14. The fourth-order valence-corrected chi connectivity index (χ4v) is 2.90. The van der Waals surface area contributed by atoms with E-state index in [2.05, 4.69) is 6.92 Å². The number of rotatable bonds is 6. The Labute approximate surface area is 105 Å². The van der Waals surface area contributed by atoms with Gasteiger partial charge in [0, 0.05) is 6.04 Å². The Morgan fingerprint density at radius 2 is 2.00 bits per heavy atom. The molecule has 0 saturated carbocycles. The molecule has 2 rings (SSSR count). The van der Waals surface area contributed by atoms with Crippen molar-refractivity contribution in [1.29, 1.82) is 0 Å². The fourth-order valence-electron chi connectivity index (χ4n) is 1.65. The van der Waals surface area contributed by atoms with Crippen molar-refractivity contribution in [2.75, 3.05) is 0 Å². The lowest BCUT2D eigenvalue weighted by atomic mass is 10.1. The van der Waals surface area contributed by atoms with Crippen LogP contribution in [0, 0.1) is 0 Å². The normalized spacial score (nSPS) is 14.7. The van der Waals surface area contributed by atoms with Crippen molar-refractivity contribution in [2.45, 2.75) is 30.4 Å². The van der Waals surface area contributed by atoms with Crippen molar-refractivity contribution >= 4 is 11.8 Å². The zero-order chi connectivity index (χ0) is 12.1. The van der Waals surface area contributed by atoms with Crippen molar-refractivity contribution in [3.63, 3.8) is 0 Å². The maximum Gasteiger partial charge on any atom is 0.118 e. The number of hydrogen-bond acceptors (Lipinski definition) is 4. The molecule has 0 aliphatic carbocycles. The average molecular weight is 251 g/mol. The number of nitrogens with two attached hydrogens (primary N) is 1. The summed E-state index contributed by atoms with van der Waals surface area (Å²) in [5.41, 5.74) is 6.14. The minimum absolute atomic E-state index is 0.0983. The van der Waals surface area contributed by atoms with Gasteiger partial charge in [-0.1, -0.05) is 6.92 Å². The first-order chi connectivity index (χ1) is 8.31. The topological polar surface area (TPSA) is 52.3 Å². The van der Waals surface area contributed by atoms with Gasteiger partial charge in [-0.3, -0.25) is 0 Å². The van der Waals surface area contributed by atoms with Crippen LogP contribution >= 0.6 is 11.8 Å². The smallest absolute Gasteiger partial charge is 0.118 e. The Balaban J connectivity index is 2.01. The summed E-state index contributed by atoms with van der Waals surface area (Å²) in [6.45, 7) is 2.09. The summed E-state index contributed by atoms with van der Waals surface area (Å²) in [6, 6.07) is 7.86. The third kappa shape index (κ3) is 3.17. The zero-order valence-electron chi connectivity index (χ0n) is 9.84. The Morgan fingerprint density at radius 1 is 1.24 bits per heavy atom. The third-order valence-electron chi connectivity index (χ3n) is 2.67. The van der Waals surface area contributed by atoms with Gasteiger partial charge < -0.3 is 14.6 Å². The summed E-state index contributed by atoms with van der Waals surface area (Å²) in [5, 5.41) is 0.181. The summed E-state index contributed by atoms with van der Waals surface area (Å²) in [5.74, 6) is 2.72. The minimum atomic E-state index is 0.0983. The molecule has 2 atom stereocenters. The van der Waals surface area contributed by atoms with Crippen LogP contribution in [0.1, 0.15) is 30.1 Å². The van der Waals surface area contributed by atoms with Crippen LogP contribution in [-0.2, 0) is 5.75 Å². The Bertz CT molecular complexity index is 411. The predicted molar refractivity (Wildman–Crippen MR) is 69.7 cm³/mol. The maximum atomic E-state index is 6.14. The first-order valence-corrected chi connectivity index (χ1v) is 6.79. The van der Waals surface area contributed by atoms with E-state index in [0.717, 1.165) is 23.7 Å². The SMILES string of the molecule is CCC(N)C(SCc1ccco1)c1ccco1. The molecule has 0 bridgehead atoms. The molecule has 0 radical (unpaired) electrons. The fraction of sp³-hybridized carbons (Fsp3) is 0.385. The Kier molecular flexibility index (Phi) is 4.34. The standard InChI is InChI=1S/C13H17NO2S/c1-2-11(14)13(12-6-4-8-16-12)17-9-10-5-3-7-15-10/h3-8,11,13H,2,9,14H2,1H3. The van der Waals surface area contributed by atoms with E-state index in [0.29, 0.717) is 0 Å². The summed E-state index contributed by atoms with van der Waals surface area (Å²) < 4.78 is 10.8. The highest BCUT2D eigenvalue weighted by Gasteiger charge is 2.21. The van der Waals surface area contributed by atoms with Crippen molar-refractivity contribution in [3.05, 3.63) is 48.3 Å². The molecule has 0 aliphatic rings. The van der Waals surface area contributed by atoms with Gasteiger partial charge in [0.2, 0.25) is 0 Å². The molecular formula is C13H17NO2S. The average Bonchev–Trinajstić information content (AvgIpc) is 3.01. The molecule has 17 heavy (non-hydrogen) atoms. The molecule has 0 saturated heterocycles. The summed E-state index contributed by atoms with van der Waals surface area (Å²) in [6.07, 6.45) is 4.31. The zero-order valence-corrected chi connectivity index (χ0v) is 10.7. The minimum Gasteiger partial charge on any atom is -0.468 e. The lowest BCUT2D eigenvalue weighted by Crippen LogP contribution is -2.25. The third-order valence-corrected chi connectivity index (χ3v) is 4.06. The number of furan rings is 2. The van der Waals surface area contributed by atoms with E-state index in [-0.39, 0.29) is 11.3 Å². The molecule has 2 aromatic rings. The quantitative estimate of drug-likeness (QED) is 0.852. The molecule has 92 valence electrons. The van der Waals surface area contributed by atoms with Crippen LogP contribution in [0.4, 0.5) is 0 Å². The van der Waals surface area contributed by atoms with Crippen LogP contribution in [0.3, 0.4) is 0 Å². The lowest BCUT2D eigenvalue weighted by Gasteiger charge is -2.19. The molecule has 0 fully saturated rings. The van der Waals surface area contributed by atoms with Crippen molar-refractivity contribution in [3.8, 4) is 0 Å². The molecule has 3 nitrogen and oxygen atoms in total. The number of thioether (sulfide) groups is 1. The molecule has 2 aromatic heterocycles. The molecular weight excluding hydrogens is 234 g/mol. The van der Waals surface area contributed by atoms with Crippen molar-refractivity contribution < 1.29 is 8.83 Å². The second-order valence-corrected chi connectivity index (χ2v) is 5.03. The van der Waals surface area contributed by atoms with Gasteiger partial charge in [0.25, 0.3) is 0 Å². The lowest BCUT2D eigenvalue weighted by molar-refractivity contribution is 0.473. The highest BCUT2D eigenvalue weighted by Crippen LogP contribution is 2.35. The molecule has 2 unspecified atom stereocenters. The van der Waals surface area contributed by atoms with Gasteiger partial charge >= 0.3 is 0 Å². The summed E-state index contributed by atoms with van der Waals surface area (Å²) in [7, 11) is 0. The number of hydrogen-bond donors (Lipinski definition) is 1. The monoisotopic (exact) mass is 251 g/mol. The first kappa shape index (κ1) is 12.3. The Morgan fingerprint density at radius 3 is 2.59 bits per heavy atom. The van der Waals surface area contributed by atoms with E-state index in [1.807, 2.05) is 24.3 Å². The van der Waals surface area contributed by atoms with E-state index in [1.165, 1.54) is 0 Å². The molecule has 0 amide bonds. The predicted octanol–water partition coefficient (Wildman–Crippen LogP) is 3.58. The highest BCUT2D eigenvalue weighted by molar-refractivity contribution is 7.98. The van der Waals surface area contributed by atoms with Crippen LogP contribution in [0.25, 0.3) is 0 Å². The van der Waals surface area contributed by atoms with Crippen LogP contribution in [0.15, 0.2) is 45.6 Å². The second kappa shape index (κ2) is 5.98. The van der Waals surface area contributed by atoms with Gasteiger partial charge in [0.15, 0.2) is 0 Å². The van der Waals surface area contributed by atoms with E-state index < -0.39 is 0 Å². The van der Waals surface area contributed by atoms with Crippen molar-refractivity contribution in [1.82, 2.24) is 0 Å². The molecule has 2 N–H and O–H groups in total. The summed E-state index contributed by atoms with van der Waals surface area (Å²) in [4.78, 5) is 0. The summed E-state index contributed by atoms with van der Waals surface area (Å²) >= 11 is 1.76. The van der Waals surface area contributed by atoms with Gasteiger partial charge in [-0.2, -0.15) is 0 Å².